The van der Waals surface area contributed by atoms with Gasteiger partial charge < -0.3 is 5.32 Å². The second-order valence-corrected chi connectivity index (χ2v) is 9.01. The molecule has 0 spiro atoms. The number of sulfone groups is 1. The minimum atomic E-state index is -2.91. The van der Waals surface area contributed by atoms with E-state index in [-0.39, 0.29) is 5.25 Å². The van der Waals surface area contributed by atoms with E-state index in [4.69, 9.17) is 0 Å². The maximum atomic E-state index is 12.0. The summed E-state index contributed by atoms with van der Waals surface area (Å²) in [5, 5.41) is 3.35. The van der Waals surface area contributed by atoms with Crippen molar-refractivity contribution >= 4 is 9.84 Å². The van der Waals surface area contributed by atoms with Gasteiger partial charge in [-0.3, -0.25) is 4.90 Å². The van der Waals surface area contributed by atoms with E-state index < -0.39 is 9.84 Å². The maximum absolute atomic E-state index is 12.0. The average molecular weight is 288 g/mol. The highest BCUT2D eigenvalue weighted by Crippen LogP contribution is 2.36. The van der Waals surface area contributed by atoms with Gasteiger partial charge in [-0.25, -0.2) is 8.42 Å². The van der Waals surface area contributed by atoms with Crippen molar-refractivity contribution < 1.29 is 8.42 Å². The highest BCUT2D eigenvalue weighted by Gasteiger charge is 2.38. The predicted octanol–water partition coefficient (Wildman–Crippen LogP) is 1.27. The van der Waals surface area contributed by atoms with Crippen molar-refractivity contribution in [3.05, 3.63) is 0 Å². The molecule has 2 unspecified atom stereocenters. The standard InChI is InChI=1S/C14H28N2O2S/c1-4-13-10-16(7-8-19(17,18)11(2)3)14(9-15-13)12-5-6-12/h11-15H,4-10H2,1-3H3. The fourth-order valence-corrected chi connectivity index (χ4v) is 3.82. The molecule has 4 nitrogen and oxygen atoms in total. The van der Waals surface area contributed by atoms with Crippen LogP contribution < -0.4 is 5.32 Å². The van der Waals surface area contributed by atoms with E-state index in [2.05, 4.69) is 17.1 Å². The van der Waals surface area contributed by atoms with Crippen LogP contribution >= 0.6 is 0 Å². The van der Waals surface area contributed by atoms with Crippen molar-refractivity contribution in [2.24, 2.45) is 5.92 Å². The molecule has 112 valence electrons. The second-order valence-electron chi connectivity index (χ2n) is 6.33. The van der Waals surface area contributed by atoms with E-state index in [0.29, 0.717) is 24.4 Å². The highest BCUT2D eigenvalue weighted by atomic mass is 32.2. The van der Waals surface area contributed by atoms with Crippen LogP contribution in [0.5, 0.6) is 0 Å². The summed E-state index contributed by atoms with van der Waals surface area (Å²) in [6.45, 7) is 8.49. The van der Waals surface area contributed by atoms with Crippen molar-refractivity contribution in [3.8, 4) is 0 Å². The normalized spacial score (nSPS) is 29.9. The Labute approximate surface area is 117 Å². The summed E-state index contributed by atoms with van der Waals surface area (Å²) >= 11 is 0. The molecular weight excluding hydrogens is 260 g/mol. The lowest BCUT2D eigenvalue weighted by molar-refractivity contribution is 0.120. The van der Waals surface area contributed by atoms with Crippen molar-refractivity contribution in [1.29, 1.82) is 0 Å². The minimum absolute atomic E-state index is 0.253. The van der Waals surface area contributed by atoms with E-state index in [9.17, 15) is 8.42 Å². The monoisotopic (exact) mass is 288 g/mol. The van der Waals surface area contributed by atoms with Crippen molar-refractivity contribution in [2.75, 3.05) is 25.4 Å². The lowest BCUT2D eigenvalue weighted by Crippen LogP contribution is -2.58. The number of hydrogen-bond acceptors (Lipinski definition) is 4. The number of nitrogens with one attached hydrogen (secondary N) is 1. The summed E-state index contributed by atoms with van der Waals surface area (Å²) in [6.07, 6.45) is 3.75. The number of hydrogen-bond donors (Lipinski definition) is 1. The van der Waals surface area contributed by atoms with Gasteiger partial charge in [-0.2, -0.15) is 0 Å². The lowest BCUT2D eigenvalue weighted by atomic mass is 10.0. The molecule has 0 radical (unpaired) electrons. The minimum Gasteiger partial charge on any atom is -0.311 e. The van der Waals surface area contributed by atoms with Gasteiger partial charge in [0.15, 0.2) is 9.84 Å². The maximum Gasteiger partial charge on any atom is 0.153 e. The first-order valence-corrected chi connectivity index (χ1v) is 9.34. The molecule has 0 aromatic carbocycles. The summed E-state index contributed by atoms with van der Waals surface area (Å²) in [7, 11) is -2.91. The van der Waals surface area contributed by atoms with Gasteiger partial charge in [0, 0.05) is 31.7 Å². The number of nitrogens with zero attached hydrogens (tertiary/aromatic N) is 1. The molecule has 1 saturated carbocycles. The molecule has 2 atom stereocenters. The first-order valence-electron chi connectivity index (χ1n) is 7.63. The lowest BCUT2D eigenvalue weighted by Gasteiger charge is -2.40. The van der Waals surface area contributed by atoms with Gasteiger partial charge in [-0.15, -0.1) is 0 Å². The first kappa shape index (κ1) is 15.3. The average Bonchev–Trinajstić information content (AvgIpc) is 3.20. The SMILES string of the molecule is CCC1CN(CCS(=O)(=O)C(C)C)C(C2CC2)CN1. The fourth-order valence-electron chi connectivity index (χ4n) is 2.86. The molecule has 1 aliphatic carbocycles. The van der Waals surface area contributed by atoms with Crippen LogP contribution in [0.15, 0.2) is 0 Å². The third kappa shape index (κ3) is 3.92. The molecule has 0 bridgehead atoms. The first-order chi connectivity index (χ1) is 8.94. The van der Waals surface area contributed by atoms with Gasteiger partial charge in [0.1, 0.15) is 0 Å². The second kappa shape index (κ2) is 6.10. The number of piperazine rings is 1. The van der Waals surface area contributed by atoms with Crippen LogP contribution in [-0.4, -0.2) is 56.0 Å². The molecule has 1 saturated heterocycles. The van der Waals surface area contributed by atoms with Crippen LogP contribution in [0, 0.1) is 5.92 Å². The Morgan fingerprint density at radius 3 is 2.53 bits per heavy atom. The quantitative estimate of drug-likeness (QED) is 0.800. The van der Waals surface area contributed by atoms with Crippen LogP contribution in [-0.2, 0) is 9.84 Å². The van der Waals surface area contributed by atoms with Crippen LogP contribution in [0.3, 0.4) is 0 Å². The molecular formula is C14H28N2O2S. The van der Waals surface area contributed by atoms with Crippen LogP contribution in [0.4, 0.5) is 0 Å². The predicted molar refractivity (Wildman–Crippen MR) is 79.1 cm³/mol. The van der Waals surface area contributed by atoms with Crippen molar-refractivity contribution in [1.82, 2.24) is 10.2 Å². The van der Waals surface area contributed by atoms with E-state index in [1.54, 1.807) is 13.8 Å². The largest absolute Gasteiger partial charge is 0.311 e. The van der Waals surface area contributed by atoms with Crippen LogP contribution in [0.1, 0.15) is 40.0 Å². The fraction of sp³-hybridized carbons (Fsp3) is 1.00. The van der Waals surface area contributed by atoms with Gasteiger partial charge in [0.05, 0.1) is 11.0 Å². The molecule has 2 fully saturated rings. The van der Waals surface area contributed by atoms with Crippen LogP contribution in [0.25, 0.3) is 0 Å². The molecule has 2 rings (SSSR count). The topological polar surface area (TPSA) is 49.4 Å². The Balaban J connectivity index is 1.94. The van der Waals surface area contributed by atoms with E-state index in [0.717, 1.165) is 25.4 Å². The molecule has 1 aliphatic heterocycles. The molecule has 1 N–H and O–H groups in total. The Hall–Kier alpha value is -0.130. The van der Waals surface area contributed by atoms with Gasteiger partial charge >= 0.3 is 0 Å². The van der Waals surface area contributed by atoms with E-state index >= 15 is 0 Å². The highest BCUT2D eigenvalue weighted by molar-refractivity contribution is 7.92. The van der Waals surface area contributed by atoms with Gasteiger partial charge in [0.25, 0.3) is 0 Å². The summed E-state index contributed by atoms with van der Waals surface area (Å²) in [5.74, 6) is 1.11. The molecule has 0 amide bonds. The molecule has 5 heteroatoms. The van der Waals surface area contributed by atoms with Gasteiger partial charge in [0.2, 0.25) is 0 Å². The van der Waals surface area contributed by atoms with E-state index in [1.807, 2.05) is 0 Å². The molecule has 0 aromatic heterocycles. The van der Waals surface area contributed by atoms with E-state index in [1.165, 1.54) is 12.8 Å². The Morgan fingerprint density at radius 1 is 1.32 bits per heavy atom. The summed E-state index contributed by atoms with van der Waals surface area (Å²) in [5.41, 5.74) is 0. The zero-order valence-corrected chi connectivity index (χ0v) is 13.2. The van der Waals surface area contributed by atoms with Gasteiger partial charge in [-0.05, 0) is 39.0 Å². The third-order valence-electron chi connectivity index (χ3n) is 4.58. The zero-order valence-electron chi connectivity index (χ0n) is 12.4. The molecule has 19 heavy (non-hydrogen) atoms. The molecule has 1 heterocycles. The summed E-state index contributed by atoms with van der Waals surface area (Å²) in [4.78, 5) is 2.43. The third-order valence-corrected chi connectivity index (χ3v) is 6.77. The molecule has 0 aromatic rings. The summed E-state index contributed by atoms with van der Waals surface area (Å²) in [6, 6.07) is 1.09. The van der Waals surface area contributed by atoms with Gasteiger partial charge in [-0.1, -0.05) is 6.92 Å². The van der Waals surface area contributed by atoms with Crippen molar-refractivity contribution in [2.45, 2.75) is 57.4 Å². The van der Waals surface area contributed by atoms with Crippen molar-refractivity contribution in [3.63, 3.8) is 0 Å². The Kier molecular flexibility index (Phi) is 4.90. The smallest absolute Gasteiger partial charge is 0.153 e. The number of rotatable bonds is 6. The Morgan fingerprint density at radius 2 is 2.00 bits per heavy atom. The summed E-state index contributed by atoms with van der Waals surface area (Å²) < 4.78 is 23.9. The zero-order chi connectivity index (χ0) is 14.0. The van der Waals surface area contributed by atoms with Crippen LogP contribution in [0.2, 0.25) is 0 Å². The Bertz CT molecular complexity index is 390. The molecule has 2 aliphatic rings.